The smallest absolute Gasteiger partial charge is 0.326 e. The van der Waals surface area contributed by atoms with Crippen molar-refractivity contribution in [2.75, 3.05) is 12.9 Å². The standard InChI is InChI=1S/C16H21NO6S/c1-11(16(19)20)17(12-3-4-12)15(18)9-10-23-13-5-7-14(8-6-13)24(2,21)22/h5-8,11-12H,3-4,9-10H2,1-2H3,(H,19,20). The molecule has 1 fully saturated rings. The van der Waals surface area contributed by atoms with Crippen molar-refractivity contribution in [1.82, 2.24) is 4.90 Å². The lowest BCUT2D eigenvalue weighted by atomic mass is 10.2. The Hall–Kier alpha value is -2.09. The highest BCUT2D eigenvalue weighted by Gasteiger charge is 2.37. The summed E-state index contributed by atoms with van der Waals surface area (Å²) in [6.45, 7) is 1.61. The fourth-order valence-electron chi connectivity index (χ4n) is 2.38. The molecule has 1 aromatic carbocycles. The minimum atomic E-state index is -3.26. The van der Waals surface area contributed by atoms with E-state index in [0.29, 0.717) is 5.75 Å². The topological polar surface area (TPSA) is 101 Å². The first kappa shape index (κ1) is 18.3. The number of amides is 1. The Morgan fingerprint density at radius 3 is 2.33 bits per heavy atom. The Balaban J connectivity index is 1.88. The van der Waals surface area contributed by atoms with E-state index in [-0.39, 0.29) is 29.9 Å². The Morgan fingerprint density at radius 1 is 1.29 bits per heavy atom. The van der Waals surface area contributed by atoms with Crippen molar-refractivity contribution < 1.29 is 27.9 Å². The Labute approximate surface area is 141 Å². The van der Waals surface area contributed by atoms with E-state index in [1.54, 1.807) is 0 Å². The van der Waals surface area contributed by atoms with Crippen molar-refractivity contribution in [3.63, 3.8) is 0 Å². The average molecular weight is 355 g/mol. The number of sulfone groups is 1. The van der Waals surface area contributed by atoms with E-state index in [4.69, 9.17) is 9.84 Å². The maximum Gasteiger partial charge on any atom is 0.326 e. The molecule has 1 N–H and O–H groups in total. The molecule has 2 rings (SSSR count). The van der Waals surface area contributed by atoms with Gasteiger partial charge in [0.15, 0.2) is 9.84 Å². The van der Waals surface area contributed by atoms with Gasteiger partial charge in [0.2, 0.25) is 5.91 Å². The number of aliphatic carboxylic acids is 1. The largest absolute Gasteiger partial charge is 0.493 e. The van der Waals surface area contributed by atoms with Gasteiger partial charge in [-0.05, 0) is 44.0 Å². The van der Waals surface area contributed by atoms with Crippen molar-refractivity contribution in [1.29, 1.82) is 0 Å². The van der Waals surface area contributed by atoms with E-state index < -0.39 is 21.8 Å². The monoisotopic (exact) mass is 355 g/mol. The summed E-state index contributed by atoms with van der Waals surface area (Å²) in [5.41, 5.74) is 0. The molecule has 1 atom stereocenters. The SMILES string of the molecule is CC(C(=O)O)N(C(=O)CCOc1ccc(S(C)(=O)=O)cc1)C1CC1. The Morgan fingerprint density at radius 2 is 1.88 bits per heavy atom. The van der Waals surface area contributed by atoms with Crippen LogP contribution >= 0.6 is 0 Å². The second-order valence-corrected chi connectivity index (χ2v) is 7.90. The molecule has 0 heterocycles. The molecular weight excluding hydrogens is 334 g/mol. The van der Waals surface area contributed by atoms with E-state index in [0.717, 1.165) is 19.1 Å². The van der Waals surface area contributed by atoms with Gasteiger partial charge in [0, 0.05) is 12.3 Å². The van der Waals surface area contributed by atoms with Crippen LogP contribution in [0.5, 0.6) is 5.75 Å². The number of carboxylic acid groups (broad SMARTS) is 1. The third-order valence-electron chi connectivity index (χ3n) is 3.84. The first-order valence-electron chi connectivity index (χ1n) is 7.67. The number of hydrogen-bond acceptors (Lipinski definition) is 5. The summed E-state index contributed by atoms with van der Waals surface area (Å²) < 4.78 is 28.2. The third kappa shape index (κ3) is 4.70. The highest BCUT2D eigenvalue weighted by atomic mass is 32.2. The molecule has 0 bridgehead atoms. The predicted octanol–water partition coefficient (Wildman–Crippen LogP) is 1.32. The first-order chi connectivity index (χ1) is 11.2. The molecule has 1 aliphatic rings. The Bertz CT molecular complexity index is 709. The minimum absolute atomic E-state index is 0.0117. The van der Waals surface area contributed by atoms with Gasteiger partial charge in [-0.3, -0.25) is 4.79 Å². The average Bonchev–Trinajstić information content (AvgIpc) is 3.31. The van der Waals surface area contributed by atoms with Gasteiger partial charge in [0.1, 0.15) is 11.8 Å². The second kappa shape index (κ2) is 7.21. The number of nitrogens with zero attached hydrogens (tertiary/aromatic N) is 1. The van der Waals surface area contributed by atoms with Crippen LogP contribution in [0.15, 0.2) is 29.2 Å². The lowest BCUT2D eigenvalue weighted by molar-refractivity contribution is -0.150. The lowest BCUT2D eigenvalue weighted by Crippen LogP contribution is -2.45. The van der Waals surface area contributed by atoms with E-state index in [1.165, 1.54) is 36.1 Å². The highest BCUT2D eigenvalue weighted by Crippen LogP contribution is 2.29. The summed E-state index contributed by atoms with van der Waals surface area (Å²) in [7, 11) is -3.26. The van der Waals surface area contributed by atoms with Gasteiger partial charge in [-0.15, -0.1) is 0 Å². The van der Waals surface area contributed by atoms with Gasteiger partial charge >= 0.3 is 5.97 Å². The fourth-order valence-corrected chi connectivity index (χ4v) is 3.01. The highest BCUT2D eigenvalue weighted by molar-refractivity contribution is 7.90. The zero-order chi connectivity index (χ0) is 17.9. The molecule has 1 aromatic rings. The Kier molecular flexibility index (Phi) is 5.48. The molecule has 0 saturated heterocycles. The number of ether oxygens (including phenoxy) is 1. The first-order valence-corrected chi connectivity index (χ1v) is 9.56. The molecule has 7 nitrogen and oxygen atoms in total. The summed E-state index contributed by atoms with van der Waals surface area (Å²) in [5, 5.41) is 9.10. The summed E-state index contributed by atoms with van der Waals surface area (Å²) in [6, 6.07) is 5.10. The molecule has 132 valence electrons. The van der Waals surface area contributed by atoms with Crippen molar-refractivity contribution in [3.05, 3.63) is 24.3 Å². The van der Waals surface area contributed by atoms with E-state index in [9.17, 15) is 18.0 Å². The van der Waals surface area contributed by atoms with Gasteiger partial charge in [-0.25, -0.2) is 13.2 Å². The molecule has 0 radical (unpaired) electrons. The summed E-state index contributed by atoms with van der Waals surface area (Å²) in [5.74, 6) is -0.813. The summed E-state index contributed by atoms with van der Waals surface area (Å²) >= 11 is 0. The van der Waals surface area contributed by atoms with Crippen molar-refractivity contribution >= 4 is 21.7 Å². The number of rotatable bonds is 8. The van der Waals surface area contributed by atoms with E-state index in [2.05, 4.69) is 0 Å². The summed E-state index contributed by atoms with van der Waals surface area (Å²) in [4.78, 5) is 25.0. The zero-order valence-corrected chi connectivity index (χ0v) is 14.5. The molecule has 1 saturated carbocycles. The van der Waals surface area contributed by atoms with Crippen molar-refractivity contribution in [3.8, 4) is 5.75 Å². The molecule has 0 spiro atoms. The zero-order valence-electron chi connectivity index (χ0n) is 13.6. The maximum absolute atomic E-state index is 12.2. The third-order valence-corrected chi connectivity index (χ3v) is 4.97. The quantitative estimate of drug-likeness (QED) is 0.755. The molecule has 1 aliphatic carbocycles. The van der Waals surface area contributed by atoms with Gasteiger partial charge in [0.05, 0.1) is 17.9 Å². The second-order valence-electron chi connectivity index (χ2n) is 5.89. The van der Waals surface area contributed by atoms with Crippen molar-refractivity contribution in [2.24, 2.45) is 0 Å². The molecule has 1 unspecified atom stereocenters. The number of hydrogen-bond donors (Lipinski definition) is 1. The van der Waals surface area contributed by atoms with Crippen LogP contribution in [0.4, 0.5) is 0 Å². The van der Waals surface area contributed by atoms with Crippen LogP contribution in [-0.4, -0.2) is 55.2 Å². The number of carbonyl (C=O) groups excluding carboxylic acids is 1. The van der Waals surface area contributed by atoms with E-state index >= 15 is 0 Å². The normalized spacial score (nSPS) is 15.6. The number of carboxylic acids is 1. The van der Waals surface area contributed by atoms with E-state index in [1.807, 2.05) is 0 Å². The van der Waals surface area contributed by atoms with Gasteiger partial charge in [-0.1, -0.05) is 0 Å². The molecule has 0 aromatic heterocycles. The summed E-state index contributed by atoms with van der Waals surface area (Å²) in [6.07, 6.45) is 2.86. The fraction of sp³-hybridized carbons (Fsp3) is 0.500. The van der Waals surface area contributed by atoms with Crippen LogP contribution in [0, 0.1) is 0 Å². The maximum atomic E-state index is 12.2. The van der Waals surface area contributed by atoms with Crippen LogP contribution in [0.1, 0.15) is 26.2 Å². The molecule has 24 heavy (non-hydrogen) atoms. The van der Waals surface area contributed by atoms with Crippen LogP contribution in [0.2, 0.25) is 0 Å². The number of carbonyl (C=O) groups is 2. The van der Waals surface area contributed by atoms with Crippen LogP contribution < -0.4 is 4.74 Å². The number of benzene rings is 1. The molecule has 1 amide bonds. The van der Waals surface area contributed by atoms with Crippen LogP contribution in [-0.2, 0) is 19.4 Å². The van der Waals surface area contributed by atoms with Crippen LogP contribution in [0.25, 0.3) is 0 Å². The van der Waals surface area contributed by atoms with Crippen molar-refractivity contribution in [2.45, 2.75) is 43.2 Å². The van der Waals surface area contributed by atoms with Gasteiger partial charge in [-0.2, -0.15) is 0 Å². The lowest BCUT2D eigenvalue weighted by Gasteiger charge is -2.26. The molecular formula is C16H21NO6S. The molecule has 8 heteroatoms. The van der Waals surface area contributed by atoms with Crippen LogP contribution in [0.3, 0.4) is 0 Å². The van der Waals surface area contributed by atoms with Gasteiger partial charge in [0.25, 0.3) is 0 Å². The predicted molar refractivity (Wildman–Crippen MR) is 86.6 cm³/mol. The van der Waals surface area contributed by atoms with Gasteiger partial charge < -0.3 is 14.7 Å². The minimum Gasteiger partial charge on any atom is -0.493 e. The molecule has 0 aliphatic heterocycles.